The lowest BCUT2D eigenvalue weighted by Crippen LogP contribution is -2.28. The fraction of sp³-hybridized carbons (Fsp3) is 0.154. The minimum absolute atomic E-state index is 0.116. The molecule has 2 aliphatic heterocycles. The van der Waals surface area contributed by atoms with Crippen LogP contribution in [0.25, 0.3) is 6.08 Å². The third kappa shape index (κ3) is 4.43. The van der Waals surface area contributed by atoms with Crippen molar-refractivity contribution in [3.63, 3.8) is 0 Å². The topological polar surface area (TPSA) is 85.9 Å². The summed E-state index contributed by atoms with van der Waals surface area (Å²) in [6, 6.07) is 17.4. The predicted molar refractivity (Wildman–Crippen MR) is 128 cm³/mol. The lowest BCUT2D eigenvalue weighted by atomic mass is 10.1. The van der Waals surface area contributed by atoms with Gasteiger partial charge in [-0.25, -0.2) is 0 Å². The van der Waals surface area contributed by atoms with Gasteiger partial charge in [-0.05, 0) is 60.5 Å². The highest BCUT2D eigenvalue weighted by Crippen LogP contribution is 2.34. The molecular formula is C26H21ClN2O5. The second-order valence-corrected chi connectivity index (χ2v) is 8.30. The van der Waals surface area contributed by atoms with Gasteiger partial charge in [0.15, 0.2) is 23.0 Å². The van der Waals surface area contributed by atoms with Crippen LogP contribution in [0.3, 0.4) is 0 Å². The van der Waals surface area contributed by atoms with Gasteiger partial charge in [-0.2, -0.15) is 0 Å². The molecule has 2 N–H and O–H groups in total. The first-order chi connectivity index (χ1) is 16.5. The van der Waals surface area contributed by atoms with Crippen LogP contribution in [0.15, 0.2) is 66.4 Å². The lowest BCUT2D eigenvalue weighted by molar-refractivity contribution is -0.115. The minimum atomic E-state index is -0.422. The van der Waals surface area contributed by atoms with Crippen LogP contribution in [-0.4, -0.2) is 25.0 Å². The number of carbonyl (C=O) groups excluding carboxylic acids is 2. The summed E-state index contributed by atoms with van der Waals surface area (Å²) in [5.41, 5.74) is 2.37. The molecule has 172 valence electrons. The summed E-state index contributed by atoms with van der Waals surface area (Å²) < 4.78 is 16.9. The van der Waals surface area contributed by atoms with Crippen molar-refractivity contribution in [3.8, 4) is 17.2 Å². The van der Waals surface area contributed by atoms with E-state index in [1.165, 1.54) is 0 Å². The Labute approximate surface area is 201 Å². The van der Waals surface area contributed by atoms with Crippen molar-refractivity contribution in [2.24, 2.45) is 0 Å². The third-order valence-electron chi connectivity index (χ3n) is 5.54. The van der Waals surface area contributed by atoms with Crippen molar-refractivity contribution in [3.05, 3.63) is 88.1 Å². The Morgan fingerprint density at radius 3 is 2.62 bits per heavy atom. The highest BCUT2D eigenvalue weighted by Gasteiger charge is 2.24. The summed E-state index contributed by atoms with van der Waals surface area (Å²) in [4.78, 5) is 25.4. The number of anilines is 1. The fourth-order valence-electron chi connectivity index (χ4n) is 3.73. The number of hydrogen-bond donors (Lipinski definition) is 2. The molecule has 7 nitrogen and oxygen atoms in total. The van der Waals surface area contributed by atoms with E-state index in [2.05, 4.69) is 10.6 Å². The number of fused-ring (bicyclic) bond motifs is 2. The molecular weight excluding hydrogens is 456 g/mol. The number of nitrogens with one attached hydrogen (secondary N) is 2. The molecule has 2 amide bonds. The number of ether oxygens (including phenoxy) is 3. The SMILES string of the molecule is CC(NC(=O)c1ccc2c(c1)NC(=O)C(=Cc1ccccc1Cl)O2)c1ccc2c(c1)OCCO2. The molecule has 34 heavy (non-hydrogen) atoms. The molecule has 0 saturated carbocycles. The zero-order valence-electron chi connectivity index (χ0n) is 18.3. The molecule has 0 aromatic heterocycles. The Morgan fingerprint density at radius 1 is 1.03 bits per heavy atom. The number of hydrogen-bond acceptors (Lipinski definition) is 5. The monoisotopic (exact) mass is 476 g/mol. The minimum Gasteiger partial charge on any atom is -0.486 e. The highest BCUT2D eigenvalue weighted by molar-refractivity contribution is 6.32. The van der Waals surface area contributed by atoms with Gasteiger partial charge in [0.1, 0.15) is 13.2 Å². The first kappa shape index (κ1) is 21.9. The molecule has 1 atom stereocenters. The van der Waals surface area contributed by atoms with E-state index < -0.39 is 5.91 Å². The normalized spacial score (nSPS) is 16.2. The summed E-state index contributed by atoms with van der Waals surface area (Å²) in [5, 5.41) is 6.26. The van der Waals surface area contributed by atoms with Crippen LogP contribution < -0.4 is 24.8 Å². The molecule has 0 saturated heterocycles. The zero-order valence-corrected chi connectivity index (χ0v) is 19.0. The molecule has 3 aromatic rings. The maximum atomic E-state index is 12.9. The van der Waals surface area contributed by atoms with Crippen molar-refractivity contribution < 1.29 is 23.8 Å². The molecule has 2 aliphatic rings. The standard InChI is InChI=1S/C26H21ClN2O5/c1-15(16-6-9-22-23(13-16)33-11-10-32-22)28-25(30)18-7-8-21-20(12-18)29-26(31)24(34-21)14-17-4-2-3-5-19(17)27/h2-9,12-15H,10-11H2,1H3,(H,28,30)(H,29,31). The zero-order chi connectivity index (χ0) is 23.7. The van der Waals surface area contributed by atoms with Crippen molar-refractivity contribution >= 4 is 35.2 Å². The molecule has 0 aliphatic carbocycles. The molecule has 5 rings (SSSR count). The summed E-state index contributed by atoms with van der Waals surface area (Å²) in [7, 11) is 0. The second-order valence-electron chi connectivity index (χ2n) is 7.90. The summed E-state index contributed by atoms with van der Waals surface area (Å²) >= 11 is 6.18. The number of rotatable bonds is 4. The first-order valence-electron chi connectivity index (χ1n) is 10.8. The summed E-state index contributed by atoms with van der Waals surface area (Å²) in [6.07, 6.45) is 1.58. The Morgan fingerprint density at radius 2 is 1.79 bits per heavy atom. The molecule has 0 fully saturated rings. The van der Waals surface area contributed by atoms with Crippen LogP contribution in [0, 0.1) is 0 Å². The van der Waals surface area contributed by atoms with Gasteiger partial charge in [-0.15, -0.1) is 0 Å². The van der Waals surface area contributed by atoms with Crippen LogP contribution in [-0.2, 0) is 4.79 Å². The van der Waals surface area contributed by atoms with Crippen LogP contribution in [0.1, 0.15) is 34.5 Å². The van der Waals surface area contributed by atoms with Crippen LogP contribution in [0.4, 0.5) is 5.69 Å². The molecule has 8 heteroatoms. The van der Waals surface area contributed by atoms with Gasteiger partial charge >= 0.3 is 0 Å². The number of halogens is 1. The highest BCUT2D eigenvalue weighted by atomic mass is 35.5. The number of benzene rings is 3. The van der Waals surface area contributed by atoms with E-state index in [4.69, 9.17) is 25.8 Å². The summed E-state index contributed by atoms with van der Waals surface area (Å²) in [6.45, 7) is 2.91. The first-order valence-corrected chi connectivity index (χ1v) is 11.2. The van der Waals surface area contributed by atoms with Gasteiger partial charge in [-0.3, -0.25) is 9.59 Å². The predicted octanol–water partition coefficient (Wildman–Crippen LogP) is 4.97. The van der Waals surface area contributed by atoms with Crippen LogP contribution in [0.2, 0.25) is 5.02 Å². The van der Waals surface area contributed by atoms with E-state index in [0.29, 0.717) is 52.3 Å². The largest absolute Gasteiger partial charge is 0.486 e. The van der Waals surface area contributed by atoms with Gasteiger partial charge in [0.05, 0.1) is 11.7 Å². The van der Waals surface area contributed by atoms with E-state index in [0.717, 1.165) is 5.56 Å². The average molecular weight is 477 g/mol. The van der Waals surface area contributed by atoms with Gasteiger partial charge in [0, 0.05) is 10.6 Å². The Hall–Kier alpha value is -3.97. The van der Waals surface area contributed by atoms with Crippen LogP contribution >= 0.6 is 11.6 Å². The Balaban J connectivity index is 1.31. The van der Waals surface area contributed by atoms with E-state index in [-0.39, 0.29) is 17.7 Å². The molecule has 0 spiro atoms. The van der Waals surface area contributed by atoms with Crippen molar-refractivity contribution in [2.75, 3.05) is 18.5 Å². The van der Waals surface area contributed by atoms with Gasteiger partial charge in [0.2, 0.25) is 0 Å². The third-order valence-corrected chi connectivity index (χ3v) is 5.88. The Bertz CT molecular complexity index is 1320. The molecule has 1 unspecified atom stereocenters. The van der Waals surface area contributed by atoms with Gasteiger partial charge in [0.25, 0.3) is 11.8 Å². The quantitative estimate of drug-likeness (QED) is 0.519. The molecule has 0 bridgehead atoms. The lowest BCUT2D eigenvalue weighted by Gasteiger charge is -2.22. The molecule has 2 heterocycles. The van der Waals surface area contributed by atoms with E-state index in [1.54, 1.807) is 36.4 Å². The summed E-state index contributed by atoms with van der Waals surface area (Å²) in [5.74, 6) is 1.21. The van der Waals surface area contributed by atoms with Crippen molar-refractivity contribution in [1.82, 2.24) is 5.32 Å². The van der Waals surface area contributed by atoms with Gasteiger partial charge < -0.3 is 24.8 Å². The molecule has 0 radical (unpaired) electrons. The molecule has 3 aromatic carbocycles. The number of amides is 2. The van der Waals surface area contributed by atoms with Gasteiger partial charge in [-0.1, -0.05) is 35.9 Å². The second kappa shape index (κ2) is 9.11. The van der Waals surface area contributed by atoms with Crippen molar-refractivity contribution in [1.29, 1.82) is 0 Å². The number of carbonyl (C=O) groups is 2. The smallest absolute Gasteiger partial charge is 0.291 e. The van der Waals surface area contributed by atoms with E-state index in [9.17, 15) is 9.59 Å². The van der Waals surface area contributed by atoms with E-state index >= 15 is 0 Å². The van der Waals surface area contributed by atoms with Crippen molar-refractivity contribution in [2.45, 2.75) is 13.0 Å². The van der Waals surface area contributed by atoms with Crippen LogP contribution in [0.5, 0.6) is 17.2 Å². The Kier molecular flexibility index (Phi) is 5.86. The fourth-order valence-corrected chi connectivity index (χ4v) is 3.92. The maximum Gasteiger partial charge on any atom is 0.291 e. The van der Waals surface area contributed by atoms with E-state index in [1.807, 2.05) is 37.3 Å². The maximum absolute atomic E-state index is 12.9. The average Bonchev–Trinajstić information content (AvgIpc) is 2.85.